The van der Waals surface area contributed by atoms with Gasteiger partial charge in [-0.25, -0.2) is 4.79 Å². The van der Waals surface area contributed by atoms with Crippen molar-refractivity contribution in [3.8, 4) is 5.75 Å². The molecule has 0 aromatic heterocycles. The Morgan fingerprint density at radius 3 is 3.05 bits per heavy atom. The van der Waals surface area contributed by atoms with Crippen molar-refractivity contribution in [2.75, 3.05) is 6.54 Å². The van der Waals surface area contributed by atoms with Crippen LogP contribution in [0.1, 0.15) is 18.5 Å². The maximum absolute atomic E-state index is 12.1. The second kappa shape index (κ2) is 4.53. The Bertz CT molecular complexity index is 738. The summed E-state index contributed by atoms with van der Waals surface area (Å²) in [7, 11) is 0. The number of carboxylic acid groups (broad SMARTS) is 1. The van der Waals surface area contributed by atoms with Crippen molar-refractivity contribution in [2.24, 2.45) is 0 Å². The van der Waals surface area contributed by atoms with Crippen LogP contribution in [0.4, 0.5) is 0 Å². The van der Waals surface area contributed by atoms with Crippen LogP contribution in [0.5, 0.6) is 5.75 Å². The molecule has 2 N–H and O–H groups in total. The zero-order chi connectivity index (χ0) is 14.3. The number of nitrogens with one attached hydrogen (secondary N) is 1. The minimum Gasteiger partial charge on any atom is -0.618 e. The fourth-order valence-corrected chi connectivity index (χ4v) is 2.31. The number of likely N-dealkylation sites (N-methyl/N-ethyl adjacent to an activating group) is 1. The largest absolute Gasteiger partial charge is 0.618 e. The highest BCUT2D eigenvalue weighted by Crippen LogP contribution is 2.18. The number of hydrogen-bond acceptors (Lipinski definition) is 5. The van der Waals surface area contributed by atoms with Crippen LogP contribution in [-0.2, 0) is 9.68 Å². The van der Waals surface area contributed by atoms with Gasteiger partial charge in [0.15, 0.2) is 12.0 Å². The topological polar surface area (TPSA) is 93.9 Å². The van der Waals surface area contributed by atoms with E-state index in [2.05, 4.69) is 5.32 Å². The van der Waals surface area contributed by atoms with E-state index in [1.807, 2.05) is 6.92 Å². The predicted molar refractivity (Wildman–Crippen MR) is 68.6 cm³/mol. The number of carboxylic acids is 1. The van der Waals surface area contributed by atoms with Crippen LogP contribution in [0.15, 0.2) is 23.9 Å². The third-order valence-corrected chi connectivity index (χ3v) is 3.21. The molecule has 0 saturated heterocycles. The van der Waals surface area contributed by atoms with Gasteiger partial charge in [0.1, 0.15) is 0 Å². The molecule has 2 heterocycles. The molecule has 1 atom stereocenters. The Morgan fingerprint density at radius 2 is 2.35 bits per heavy atom. The highest BCUT2D eigenvalue weighted by Gasteiger charge is 2.29. The van der Waals surface area contributed by atoms with Crippen LogP contribution >= 0.6 is 0 Å². The van der Waals surface area contributed by atoms with Gasteiger partial charge >= 0.3 is 11.7 Å². The molecule has 0 bridgehead atoms. The normalized spacial score (nSPS) is 19.1. The molecule has 20 heavy (non-hydrogen) atoms. The Morgan fingerprint density at radius 1 is 1.55 bits per heavy atom. The average Bonchev–Trinajstić information content (AvgIpc) is 2.87. The maximum atomic E-state index is 12.1. The number of hydrogen-bond donors (Lipinski definition) is 2. The van der Waals surface area contributed by atoms with Crippen molar-refractivity contribution in [3.63, 3.8) is 0 Å². The van der Waals surface area contributed by atoms with E-state index in [4.69, 9.17) is 14.9 Å². The fraction of sp³-hybridized carbons (Fsp3) is 0.231. The number of carbonyl (C=O) groups is 1. The lowest BCUT2D eigenvalue weighted by atomic mass is 10.0. The molecule has 2 aliphatic rings. The van der Waals surface area contributed by atoms with Gasteiger partial charge in [-0.3, -0.25) is 9.78 Å². The monoisotopic (exact) mass is 276 g/mol. The molecule has 0 aliphatic carbocycles. The van der Waals surface area contributed by atoms with Crippen LogP contribution in [-0.4, -0.2) is 17.6 Å². The van der Waals surface area contributed by atoms with Gasteiger partial charge in [-0.1, -0.05) is 6.92 Å². The molecule has 1 unspecified atom stereocenters. The van der Waals surface area contributed by atoms with Crippen molar-refractivity contribution < 1.29 is 19.7 Å². The highest BCUT2D eigenvalue weighted by molar-refractivity contribution is 5.86. The lowest BCUT2D eigenvalue weighted by Gasteiger charge is -2.19. The molecule has 7 heteroatoms. The number of benzene rings is 1. The summed E-state index contributed by atoms with van der Waals surface area (Å²) in [5.41, 5.74) is 0.377. The highest BCUT2D eigenvalue weighted by atomic mass is 17.2. The maximum Gasteiger partial charge on any atom is 0.402 e. The molecule has 1 aromatic carbocycles. The minimum atomic E-state index is -1.27. The van der Waals surface area contributed by atoms with E-state index in [9.17, 15) is 10.0 Å². The van der Waals surface area contributed by atoms with Gasteiger partial charge in [-0.15, -0.1) is 0 Å². The van der Waals surface area contributed by atoms with E-state index < -0.39 is 5.97 Å². The zero-order valence-corrected chi connectivity index (χ0v) is 10.6. The molecule has 0 spiro atoms. The van der Waals surface area contributed by atoms with Crippen LogP contribution in [0.2, 0.25) is 0 Å². The van der Waals surface area contributed by atoms with Gasteiger partial charge in [0, 0.05) is 11.6 Å². The lowest BCUT2D eigenvalue weighted by Crippen LogP contribution is -2.39. The van der Waals surface area contributed by atoms with Gasteiger partial charge in [0.2, 0.25) is 5.36 Å². The number of hydroxylamine groups is 1. The lowest BCUT2D eigenvalue weighted by molar-refractivity contribution is -0.133. The smallest absolute Gasteiger partial charge is 0.402 e. The molecule has 0 fully saturated rings. The number of fused-ring (bicyclic) bond motifs is 2. The molecule has 3 rings (SSSR count). The molecule has 2 aliphatic heterocycles. The van der Waals surface area contributed by atoms with Gasteiger partial charge in [-0.05, 0) is 12.6 Å². The van der Waals surface area contributed by atoms with Crippen LogP contribution in [0, 0.1) is 5.21 Å². The van der Waals surface area contributed by atoms with Crippen molar-refractivity contribution in [1.82, 2.24) is 10.1 Å². The van der Waals surface area contributed by atoms with Gasteiger partial charge in [-0.2, -0.15) is 4.74 Å². The standard InChI is InChI=1S/C13H12N2O5/c1-2-14-9-4-11(13(16)17)15(18)10-5-12-7(3-8(9)10)6-19-20-12/h3-6,9,14H,2H2,1H3,(H,16,17). The first-order chi connectivity index (χ1) is 9.61. The minimum absolute atomic E-state index is 0.244. The summed E-state index contributed by atoms with van der Waals surface area (Å²) in [6.07, 6.45) is 2.84. The molecule has 104 valence electrons. The molecule has 0 saturated carbocycles. The fourth-order valence-electron chi connectivity index (χ4n) is 2.31. The summed E-state index contributed by atoms with van der Waals surface area (Å²) in [5, 5.41) is 25.4. The van der Waals surface area contributed by atoms with E-state index in [0.717, 1.165) is 0 Å². The van der Waals surface area contributed by atoms with E-state index in [-0.39, 0.29) is 17.1 Å². The van der Waals surface area contributed by atoms with Gasteiger partial charge < -0.3 is 15.6 Å². The van der Waals surface area contributed by atoms with E-state index in [1.165, 1.54) is 18.4 Å². The van der Waals surface area contributed by atoms with Gasteiger partial charge in [0.25, 0.3) is 0 Å². The first-order valence-electron chi connectivity index (χ1n) is 6.12. The first-order valence-corrected chi connectivity index (χ1v) is 6.12. The molecular weight excluding hydrogens is 264 g/mol. The summed E-state index contributed by atoms with van der Waals surface area (Å²) in [4.78, 5) is 20.8. The molecule has 0 radical (unpaired) electrons. The summed E-state index contributed by atoms with van der Waals surface area (Å²) in [5.74, 6) is -0.871. The van der Waals surface area contributed by atoms with E-state index in [1.54, 1.807) is 6.07 Å². The van der Waals surface area contributed by atoms with Crippen LogP contribution < -0.4 is 25.5 Å². The molecule has 7 nitrogen and oxygen atoms in total. The number of nitrogens with zero attached hydrogens (tertiary/aromatic N) is 1. The van der Waals surface area contributed by atoms with Crippen molar-refractivity contribution in [2.45, 2.75) is 13.0 Å². The second-order valence-corrected chi connectivity index (χ2v) is 4.43. The van der Waals surface area contributed by atoms with E-state index in [0.29, 0.717) is 27.8 Å². The van der Waals surface area contributed by atoms with E-state index >= 15 is 0 Å². The quantitative estimate of drug-likeness (QED) is 0.434. The zero-order valence-electron chi connectivity index (χ0n) is 10.6. The summed E-state index contributed by atoms with van der Waals surface area (Å²) in [6, 6.07) is 2.90. The summed E-state index contributed by atoms with van der Waals surface area (Å²) >= 11 is 0. The Labute approximate surface area is 113 Å². The second-order valence-electron chi connectivity index (χ2n) is 4.43. The molecule has 1 aromatic rings. The first kappa shape index (κ1) is 12.5. The summed E-state index contributed by atoms with van der Waals surface area (Å²) < 4.78 is 0.396. The third-order valence-electron chi connectivity index (χ3n) is 3.21. The van der Waals surface area contributed by atoms with Crippen LogP contribution in [0.3, 0.4) is 0 Å². The SMILES string of the molecule is CCNC1C=C(C(=O)O)[N+]([O-])=c2cc3c(cc21)=COO3. The molecule has 0 amide bonds. The van der Waals surface area contributed by atoms with Gasteiger partial charge in [0.05, 0.1) is 17.3 Å². The predicted octanol–water partition coefficient (Wildman–Crippen LogP) is -0.630. The number of aliphatic carboxylic acids is 1. The Balaban J connectivity index is 2.28. The van der Waals surface area contributed by atoms with Crippen molar-refractivity contribution in [1.29, 1.82) is 0 Å². The number of rotatable bonds is 3. The third kappa shape index (κ3) is 1.79. The Kier molecular flexibility index (Phi) is 2.83. The summed E-state index contributed by atoms with van der Waals surface area (Å²) in [6.45, 7) is 2.55. The van der Waals surface area contributed by atoms with Crippen molar-refractivity contribution >= 4 is 12.2 Å². The van der Waals surface area contributed by atoms with Crippen molar-refractivity contribution in [3.05, 3.63) is 45.3 Å². The average molecular weight is 276 g/mol. The molecular formula is C13H12N2O5. The van der Waals surface area contributed by atoms with Crippen LogP contribution in [0.25, 0.3) is 6.26 Å². The Hall–Kier alpha value is -2.54.